The molecule has 1 aromatic carbocycles. The summed E-state index contributed by atoms with van der Waals surface area (Å²) >= 11 is 0. The number of anilines is 1. The van der Waals surface area contributed by atoms with Gasteiger partial charge in [-0.2, -0.15) is 5.26 Å². The summed E-state index contributed by atoms with van der Waals surface area (Å²) in [5, 5.41) is 9.01. The van der Waals surface area contributed by atoms with Gasteiger partial charge in [-0.3, -0.25) is 0 Å². The predicted molar refractivity (Wildman–Crippen MR) is 72.2 cm³/mol. The summed E-state index contributed by atoms with van der Waals surface area (Å²) in [5.74, 6) is 0. The van der Waals surface area contributed by atoms with Gasteiger partial charge in [0.25, 0.3) is 0 Å². The van der Waals surface area contributed by atoms with Crippen molar-refractivity contribution in [2.24, 2.45) is 0 Å². The van der Waals surface area contributed by atoms with Crippen molar-refractivity contribution in [1.82, 2.24) is 4.90 Å². The molecule has 2 rings (SSSR count). The molecule has 1 aromatic rings. The summed E-state index contributed by atoms with van der Waals surface area (Å²) in [7, 11) is 2.13. The third-order valence-corrected chi connectivity index (χ3v) is 2.87. The Kier molecular flexibility index (Phi) is 5.51. The van der Waals surface area contributed by atoms with Gasteiger partial charge in [-0.05, 0) is 19.2 Å². The van der Waals surface area contributed by atoms with E-state index >= 15 is 0 Å². The Bertz CT molecular complexity index is 373. The number of para-hydroxylation sites is 1. The van der Waals surface area contributed by atoms with Crippen molar-refractivity contribution < 1.29 is 0 Å². The molecule has 0 atom stereocenters. The molecule has 0 aliphatic carbocycles. The van der Waals surface area contributed by atoms with Crippen LogP contribution in [-0.2, 0) is 0 Å². The van der Waals surface area contributed by atoms with Crippen LogP contribution in [0.4, 0.5) is 5.69 Å². The van der Waals surface area contributed by atoms with Crippen LogP contribution in [0.15, 0.2) is 24.3 Å². The third kappa shape index (κ3) is 3.47. The molecule has 3 nitrogen and oxygen atoms in total. The molecule has 1 heterocycles. The maximum absolute atomic E-state index is 9.01. The van der Waals surface area contributed by atoms with E-state index in [0.29, 0.717) is 0 Å². The van der Waals surface area contributed by atoms with Gasteiger partial charge in [0, 0.05) is 26.2 Å². The second-order valence-corrected chi connectivity index (χ2v) is 3.92. The maximum atomic E-state index is 9.01. The molecule has 0 bridgehead atoms. The third-order valence-electron chi connectivity index (χ3n) is 2.87. The van der Waals surface area contributed by atoms with Crippen molar-refractivity contribution in [3.8, 4) is 6.07 Å². The Balaban J connectivity index is 0.000000686. The Morgan fingerprint density at radius 2 is 1.65 bits per heavy atom. The topological polar surface area (TPSA) is 30.3 Å². The first-order valence-corrected chi connectivity index (χ1v) is 6.24. The highest BCUT2D eigenvalue weighted by Gasteiger charge is 2.16. The van der Waals surface area contributed by atoms with Crippen molar-refractivity contribution in [3.63, 3.8) is 0 Å². The maximum Gasteiger partial charge on any atom is 0.101 e. The average Bonchev–Trinajstić information content (AvgIpc) is 2.42. The van der Waals surface area contributed by atoms with Crippen LogP contribution in [0.5, 0.6) is 0 Å². The van der Waals surface area contributed by atoms with Crippen molar-refractivity contribution in [2.75, 3.05) is 38.1 Å². The van der Waals surface area contributed by atoms with E-state index in [9.17, 15) is 0 Å². The van der Waals surface area contributed by atoms with Gasteiger partial charge < -0.3 is 9.80 Å². The summed E-state index contributed by atoms with van der Waals surface area (Å²) < 4.78 is 0. The molecule has 1 aliphatic heterocycles. The van der Waals surface area contributed by atoms with E-state index in [0.717, 1.165) is 37.4 Å². The zero-order valence-electron chi connectivity index (χ0n) is 11.0. The first-order valence-electron chi connectivity index (χ1n) is 6.24. The number of hydrogen-bond donors (Lipinski definition) is 0. The van der Waals surface area contributed by atoms with Crippen LogP contribution in [-0.4, -0.2) is 38.1 Å². The molecule has 0 saturated carbocycles. The average molecular weight is 231 g/mol. The van der Waals surface area contributed by atoms with Crippen molar-refractivity contribution >= 4 is 5.69 Å². The summed E-state index contributed by atoms with van der Waals surface area (Å²) in [6.07, 6.45) is 0. The van der Waals surface area contributed by atoms with E-state index in [-0.39, 0.29) is 0 Å². The molecule has 0 aromatic heterocycles. The molecule has 17 heavy (non-hydrogen) atoms. The SMILES string of the molecule is CC.CN1CCN(c2ccccc2C#N)CC1. The van der Waals surface area contributed by atoms with E-state index in [4.69, 9.17) is 5.26 Å². The minimum atomic E-state index is 0.780. The van der Waals surface area contributed by atoms with Crippen molar-refractivity contribution in [2.45, 2.75) is 13.8 Å². The molecule has 0 amide bonds. The number of piperazine rings is 1. The van der Waals surface area contributed by atoms with Gasteiger partial charge in [0.1, 0.15) is 6.07 Å². The van der Waals surface area contributed by atoms with E-state index < -0.39 is 0 Å². The lowest BCUT2D eigenvalue weighted by Gasteiger charge is -2.34. The quantitative estimate of drug-likeness (QED) is 0.743. The summed E-state index contributed by atoms with van der Waals surface area (Å²) in [5.41, 5.74) is 1.86. The van der Waals surface area contributed by atoms with Gasteiger partial charge >= 0.3 is 0 Å². The lowest BCUT2D eigenvalue weighted by Crippen LogP contribution is -2.44. The van der Waals surface area contributed by atoms with Gasteiger partial charge in [0.15, 0.2) is 0 Å². The van der Waals surface area contributed by atoms with Crippen LogP contribution in [0.3, 0.4) is 0 Å². The van der Waals surface area contributed by atoms with Gasteiger partial charge in [0.2, 0.25) is 0 Å². The number of nitrogens with zero attached hydrogens (tertiary/aromatic N) is 3. The first-order chi connectivity index (χ1) is 8.31. The second kappa shape index (κ2) is 6.93. The van der Waals surface area contributed by atoms with E-state index in [1.807, 2.05) is 38.1 Å². The lowest BCUT2D eigenvalue weighted by atomic mass is 10.1. The molecule has 1 fully saturated rings. The van der Waals surface area contributed by atoms with Gasteiger partial charge in [0.05, 0.1) is 11.3 Å². The Morgan fingerprint density at radius 1 is 1.06 bits per heavy atom. The van der Waals surface area contributed by atoms with Crippen LogP contribution in [0.1, 0.15) is 19.4 Å². The fourth-order valence-corrected chi connectivity index (χ4v) is 1.89. The van der Waals surface area contributed by atoms with Crippen LogP contribution >= 0.6 is 0 Å². The van der Waals surface area contributed by atoms with E-state index in [1.54, 1.807) is 0 Å². The van der Waals surface area contributed by atoms with Gasteiger partial charge in [-0.15, -0.1) is 0 Å². The number of nitriles is 1. The molecule has 92 valence electrons. The fourth-order valence-electron chi connectivity index (χ4n) is 1.89. The van der Waals surface area contributed by atoms with Crippen molar-refractivity contribution in [3.05, 3.63) is 29.8 Å². The Morgan fingerprint density at radius 3 is 2.24 bits per heavy atom. The Hall–Kier alpha value is -1.53. The monoisotopic (exact) mass is 231 g/mol. The molecule has 3 heteroatoms. The van der Waals surface area contributed by atoms with Crippen molar-refractivity contribution in [1.29, 1.82) is 5.26 Å². The van der Waals surface area contributed by atoms with E-state index in [2.05, 4.69) is 22.9 Å². The van der Waals surface area contributed by atoms with Crippen LogP contribution < -0.4 is 4.90 Å². The smallest absolute Gasteiger partial charge is 0.101 e. The zero-order chi connectivity index (χ0) is 12.7. The molecular formula is C14H21N3. The number of hydrogen-bond acceptors (Lipinski definition) is 3. The molecule has 0 unspecified atom stereocenters. The summed E-state index contributed by atoms with van der Waals surface area (Å²) in [4.78, 5) is 4.60. The number of likely N-dealkylation sites (N-methyl/N-ethyl adjacent to an activating group) is 1. The lowest BCUT2D eigenvalue weighted by molar-refractivity contribution is 0.313. The predicted octanol–water partition coefficient (Wildman–Crippen LogP) is 2.34. The second-order valence-electron chi connectivity index (χ2n) is 3.92. The first kappa shape index (κ1) is 13.5. The number of rotatable bonds is 1. The molecule has 0 radical (unpaired) electrons. The highest BCUT2D eigenvalue weighted by molar-refractivity contribution is 5.59. The minimum Gasteiger partial charge on any atom is -0.368 e. The minimum absolute atomic E-state index is 0.780. The summed E-state index contributed by atoms with van der Waals surface area (Å²) in [6.45, 7) is 8.16. The molecular weight excluding hydrogens is 210 g/mol. The van der Waals surface area contributed by atoms with E-state index in [1.165, 1.54) is 0 Å². The van der Waals surface area contributed by atoms with Gasteiger partial charge in [-0.25, -0.2) is 0 Å². The standard InChI is InChI=1S/C12H15N3.C2H6/c1-14-6-8-15(9-7-14)12-5-3-2-4-11(12)10-13;1-2/h2-5H,6-9H2,1H3;1-2H3. The fraction of sp³-hybridized carbons (Fsp3) is 0.500. The highest BCUT2D eigenvalue weighted by atomic mass is 15.2. The Labute approximate surface area is 104 Å². The molecule has 1 aliphatic rings. The molecule has 0 spiro atoms. The zero-order valence-corrected chi connectivity index (χ0v) is 11.0. The highest BCUT2D eigenvalue weighted by Crippen LogP contribution is 2.20. The van der Waals surface area contributed by atoms with Gasteiger partial charge in [-0.1, -0.05) is 26.0 Å². The number of benzene rings is 1. The molecule has 1 saturated heterocycles. The largest absolute Gasteiger partial charge is 0.368 e. The summed E-state index contributed by atoms with van der Waals surface area (Å²) in [6, 6.07) is 10.1. The van der Waals surface area contributed by atoms with Crippen LogP contribution in [0.25, 0.3) is 0 Å². The van der Waals surface area contributed by atoms with Crippen LogP contribution in [0.2, 0.25) is 0 Å². The molecule has 0 N–H and O–H groups in total. The normalized spacial score (nSPS) is 15.8. The van der Waals surface area contributed by atoms with Crippen LogP contribution in [0, 0.1) is 11.3 Å².